The Kier molecular flexibility index (Phi) is 11.9. The summed E-state index contributed by atoms with van der Waals surface area (Å²) in [5.74, 6) is -3.30. The second-order valence-corrected chi connectivity index (χ2v) is 7.35. The number of hydrogen-bond acceptors (Lipinski definition) is 8. The number of H-pyrrole nitrogens is 1. The minimum Gasteiger partial charge on any atom is -0.480 e. The molecule has 0 bridgehead atoms. The lowest BCUT2D eigenvalue weighted by Gasteiger charge is -2.26. The van der Waals surface area contributed by atoms with E-state index in [1.807, 2.05) is 0 Å². The summed E-state index contributed by atoms with van der Waals surface area (Å²) < 4.78 is 0. The van der Waals surface area contributed by atoms with Crippen LogP contribution >= 0.6 is 0 Å². The first kappa shape index (κ1) is 27.0. The Bertz CT molecular complexity index is 741. The Balaban J connectivity index is 2.90. The van der Waals surface area contributed by atoms with Gasteiger partial charge in [0.2, 0.25) is 17.7 Å². The second-order valence-electron chi connectivity index (χ2n) is 7.35. The van der Waals surface area contributed by atoms with Crippen LogP contribution in [0.3, 0.4) is 0 Å². The van der Waals surface area contributed by atoms with E-state index in [0.717, 1.165) is 0 Å². The zero-order chi connectivity index (χ0) is 24.1. The summed E-state index contributed by atoms with van der Waals surface area (Å²) in [4.78, 5) is 55.6. The highest BCUT2D eigenvalue weighted by atomic mass is 16.4. The molecule has 4 atom stereocenters. The van der Waals surface area contributed by atoms with Crippen LogP contribution in [-0.2, 0) is 25.6 Å². The van der Waals surface area contributed by atoms with E-state index in [0.29, 0.717) is 25.1 Å². The van der Waals surface area contributed by atoms with Crippen LogP contribution in [-0.4, -0.2) is 81.2 Å². The van der Waals surface area contributed by atoms with Crippen molar-refractivity contribution in [3.63, 3.8) is 0 Å². The molecule has 180 valence electrons. The molecule has 0 saturated heterocycles. The Morgan fingerprint density at radius 3 is 2.31 bits per heavy atom. The zero-order valence-corrected chi connectivity index (χ0v) is 18.0. The van der Waals surface area contributed by atoms with Gasteiger partial charge in [-0.1, -0.05) is 0 Å². The van der Waals surface area contributed by atoms with Gasteiger partial charge in [0.15, 0.2) is 0 Å². The Hall–Kier alpha value is -3.03. The molecule has 0 spiro atoms. The van der Waals surface area contributed by atoms with Gasteiger partial charge < -0.3 is 42.6 Å². The van der Waals surface area contributed by atoms with Crippen LogP contribution in [0.25, 0.3) is 0 Å². The van der Waals surface area contributed by atoms with E-state index in [2.05, 4.69) is 25.9 Å². The van der Waals surface area contributed by atoms with Gasteiger partial charge >= 0.3 is 5.97 Å². The van der Waals surface area contributed by atoms with E-state index < -0.39 is 47.9 Å². The van der Waals surface area contributed by atoms with Crippen molar-refractivity contribution >= 4 is 23.7 Å². The molecule has 13 nitrogen and oxygen atoms in total. The Morgan fingerprint density at radius 1 is 1.06 bits per heavy atom. The summed E-state index contributed by atoms with van der Waals surface area (Å²) in [6.07, 6.45) is 2.83. The fourth-order valence-corrected chi connectivity index (χ4v) is 2.89. The molecule has 32 heavy (non-hydrogen) atoms. The van der Waals surface area contributed by atoms with Crippen molar-refractivity contribution in [3.8, 4) is 0 Å². The number of hydrogen-bond donors (Lipinski definition) is 8. The van der Waals surface area contributed by atoms with Gasteiger partial charge in [0.25, 0.3) is 0 Å². The minimum atomic E-state index is -1.44. The normalized spacial score (nSPS) is 14.6. The predicted octanol–water partition coefficient (Wildman–Crippen LogP) is -2.65. The largest absolute Gasteiger partial charge is 0.480 e. The molecule has 3 amide bonds. The molecule has 0 aliphatic carbocycles. The van der Waals surface area contributed by atoms with E-state index in [-0.39, 0.29) is 25.8 Å². The number of amides is 3. The maximum Gasteiger partial charge on any atom is 0.326 e. The molecule has 0 aliphatic heterocycles. The third kappa shape index (κ3) is 9.41. The highest BCUT2D eigenvalue weighted by Crippen LogP contribution is 2.05. The van der Waals surface area contributed by atoms with Gasteiger partial charge in [-0.2, -0.15) is 0 Å². The van der Waals surface area contributed by atoms with Gasteiger partial charge in [0.1, 0.15) is 18.1 Å². The van der Waals surface area contributed by atoms with Gasteiger partial charge in [-0.3, -0.25) is 14.4 Å². The number of carboxylic acid groups (broad SMARTS) is 1. The molecule has 1 heterocycles. The van der Waals surface area contributed by atoms with Crippen LogP contribution in [0.5, 0.6) is 0 Å². The smallest absolute Gasteiger partial charge is 0.326 e. The van der Waals surface area contributed by atoms with Gasteiger partial charge in [-0.15, -0.1) is 0 Å². The number of aliphatic hydroxyl groups is 1. The first-order valence-electron chi connectivity index (χ1n) is 10.4. The van der Waals surface area contributed by atoms with Gasteiger partial charge in [0.05, 0.1) is 12.4 Å². The maximum absolute atomic E-state index is 12.8. The summed E-state index contributed by atoms with van der Waals surface area (Å²) in [5, 5.41) is 26.6. The number of aromatic amines is 1. The number of aromatic nitrogens is 2. The van der Waals surface area contributed by atoms with Crippen LogP contribution in [0, 0.1) is 0 Å². The molecule has 0 aromatic carbocycles. The number of nitrogens with zero attached hydrogens (tertiary/aromatic N) is 1. The Labute approximate surface area is 185 Å². The van der Waals surface area contributed by atoms with E-state index in [1.54, 1.807) is 0 Å². The SMILES string of the molecule is C[C@@H](O)[C@H](NC(=O)[C@H](Cc1cnc[nH]1)NC(=O)CCN)C(=O)N[C@@H](CCCCN)C(=O)O. The van der Waals surface area contributed by atoms with E-state index in [9.17, 15) is 29.4 Å². The van der Waals surface area contributed by atoms with Crippen molar-refractivity contribution in [2.75, 3.05) is 13.1 Å². The molecule has 0 radical (unpaired) electrons. The molecule has 10 N–H and O–H groups in total. The lowest BCUT2D eigenvalue weighted by atomic mass is 10.1. The van der Waals surface area contributed by atoms with E-state index in [1.165, 1.54) is 19.4 Å². The number of carboxylic acids is 1. The highest BCUT2D eigenvalue weighted by molar-refractivity contribution is 5.93. The third-order valence-corrected chi connectivity index (χ3v) is 4.63. The zero-order valence-electron chi connectivity index (χ0n) is 18.0. The van der Waals surface area contributed by atoms with Crippen molar-refractivity contribution < 1.29 is 29.4 Å². The van der Waals surface area contributed by atoms with Crippen LogP contribution in [0.4, 0.5) is 0 Å². The molecule has 1 rings (SSSR count). The van der Waals surface area contributed by atoms with Crippen molar-refractivity contribution in [1.29, 1.82) is 0 Å². The number of aliphatic carboxylic acids is 1. The quantitative estimate of drug-likeness (QED) is 0.129. The standard InChI is InChI=1S/C19H33N7O6/c1-11(27)16(18(30)25-13(19(31)32)4-2-3-6-20)26-17(29)14(24-15(28)5-7-21)8-12-9-22-10-23-12/h9-11,13-14,16,27H,2-8,20-21H2,1H3,(H,22,23)(H,24,28)(H,25,30)(H,26,29)(H,31,32)/t11-,13+,14+,16+/m1/s1. The lowest BCUT2D eigenvalue weighted by Crippen LogP contribution is -2.59. The first-order chi connectivity index (χ1) is 15.2. The summed E-state index contributed by atoms with van der Waals surface area (Å²) in [6.45, 7) is 1.76. The van der Waals surface area contributed by atoms with Gasteiger partial charge in [0, 0.05) is 31.3 Å². The average Bonchev–Trinajstić information content (AvgIpc) is 3.23. The van der Waals surface area contributed by atoms with Crippen LogP contribution in [0.15, 0.2) is 12.5 Å². The van der Waals surface area contributed by atoms with Crippen molar-refractivity contribution in [1.82, 2.24) is 25.9 Å². The van der Waals surface area contributed by atoms with E-state index >= 15 is 0 Å². The predicted molar refractivity (Wildman–Crippen MR) is 114 cm³/mol. The number of carbonyl (C=O) groups excluding carboxylic acids is 3. The van der Waals surface area contributed by atoms with Crippen molar-refractivity contribution in [2.24, 2.45) is 11.5 Å². The molecule has 0 fully saturated rings. The number of aliphatic hydroxyl groups excluding tert-OH is 1. The molecule has 0 aliphatic rings. The first-order valence-corrected chi connectivity index (χ1v) is 10.4. The number of unbranched alkanes of at least 4 members (excludes halogenated alkanes) is 1. The molecule has 13 heteroatoms. The van der Waals surface area contributed by atoms with E-state index in [4.69, 9.17) is 11.5 Å². The lowest BCUT2D eigenvalue weighted by molar-refractivity contribution is -0.143. The molecular weight excluding hydrogens is 422 g/mol. The minimum absolute atomic E-state index is 0.00380. The summed E-state index contributed by atoms with van der Waals surface area (Å²) in [5.41, 5.74) is 11.3. The molecule has 1 aromatic heterocycles. The number of nitrogens with two attached hydrogens (primary N) is 2. The summed E-state index contributed by atoms with van der Waals surface area (Å²) in [7, 11) is 0. The third-order valence-electron chi connectivity index (χ3n) is 4.63. The topological polar surface area (TPSA) is 226 Å². The highest BCUT2D eigenvalue weighted by Gasteiger charge is 2.32. The summed E-state index contributed by atoms with van der Waals surface area (Å²) in [6, 6.07) is -3.71. The maximum atomic E-state index is 12.8. The fourth-order valence-electron chi connectivity index (χ4n) is 2.89. The average molecular weight is 456 g/mol. The molecular formula is C19H33N7O6. The van der Waals surface area contributed by atoms with Crippen LogP contribution in [0.2, 0.25) is 0 Å². The summed E-state index contributed by atoms with van der Waals surface area (Å²) >= 11 is 0. The number of carbonyl (C=O) groups is 4. The second kappa shape index (κ2) is 14.1. The number of imidazole rings is 1. The van der Waals surface area contributed by atoms with Crippen LogP contribution in [0.1, 0.15) is 38.3 Å². The number of rotatable bonds is 15. The monoisotopic (exact) mass is 455 g/mol. The molecule has 1 aromatic rings. The van der Waals surface area contributed by atoms with Gasteiger partial charge in [-0.25, -0.2) is 9.78 Å². The van der Waals surface area contributed by atoms with Gasteiger partial charge in [-0.05, 0) is 32.7 Å². The van der Waals surface area contributed by atoms with Crippen molar-refractivity contribution in [2.45, 2.75) is 63.3 Å². The fraction of sp³-hybridized carbons (Fsp3) is 0.632. The number of nitrogens with one attached hydrogen (secondary N) is 4. The van der Waals surface area contributed by atoms with Crippen LogP contribution < -0.4 is 27.4 Å². The van der Waals surface area contributed by atoms with Crippen molar-refractivity contribution in [3.05, 3.63) is 18.2 Å². The molecule has 0 saturated carbocycles. The Morgan fingerprint density at radius 2 is 1.78 bits per heavy atom. The molecule has 0 unspecified atom stereocenters.